The summed E-state index contributed by atoms with van der Waals surface area (Å²) in [5.41, 5.74) is 0. The molecule has 6 heteroatoms. The number of hydrogen-bond donors (Lipinski definition) is 0. The van der Waals surface area contributed by atoms with Crippen LogP contribution in [0.2, 0.25) is 0 Å². The van der Waals surface area contributed by atoms with Crippen molar-refractivity contribution in [1.82, 2.24) is 4.90 Å². The Morgan fingerprint density at radius 2 is 1.74 bits per heavy atom. The van der Waals surface area contributed by atoms with Gasteiger partial charge in [-0.3, -0.25) is 9.59 Å². The number of hydrogen-bond acceptors (Lipinski definition) is 4. The Morgan fingerprint density at radius 3 is 2.32 bits per heavy atom. The molecule has 0 N–H and O–H groups in total. The first-order valence-electron chi connectivity index (χ1n) is 6.96. The summed E-state index contributed by atoms with van der Waals surface area (Å²) < 4.78 is 24.0. The van der Waals surface area contributed by atoms with Crippen LogP contribution in [0.5, 0.6) is 0 Å². The third-order valence-corrected chi connectivity index (χ3v) is 5.65. The van der Waals surface area contributed by atoms with Gasteiger partial charge in [0.1, 0.15) is 11.5 Å². The van der Waals surface area contributed by atoms with Crippen LogP contribution >= 0.6 is 0 Å². The molecule has 1 aliphatic heterocycles. The summed E-state index contributed by atoms with van der Waals surface area (Å²) in [7, 11) is -3.30. The van der Waals surface area contributed by atoms with Crippen LogP contribution in [0, 0.1) is 5.92 Å². The number of amides is 1. The van der Waals surface area contributed by atoms with Gasteiger partial charge in [-0.25, -0.2) is 8.42 Å². The van der Waals surface area contributed by atoms with Crippen LogP contribution in [0.25, 0.3) is 0 Å². The van der Waals surface area contributed by atoms with Crippen LogP contribution in [-0.2, 0) is 19.4 Å². The van der Waals surface area contributed by atoms with Crippen molar-refractivity contribution in [2.45, 2.75) is 38.5 Å². The number of carbonyl (C=O) groups excluding carboxylic acids is 2. The number of ketones is 1. The van der Waals surface area contributed by atoms with E-state index in [1.807, 2.05) is 0 Å². The highest BCUT2D eigenvalue weighted by Gasteiger charge is 2.28. The van der Waals surface area contributed by atoms with E-state index in [1.54, 1.807) is 0 Å². The summed E-state index contributed by atoms with van der Waals surface area (Å²) >= 11 is 0. The van der Waals surface area contributed by atoms with Crippen molar-refractivity contribution in [3.05, 3.63) is 0 Å². The lowest BCUT2D eigenvalue weighted by molar-refractivity contribution is -0.132. The fourth-order valence-corrected chi connectivity index (χ4v) is 4.61. The Hall–Kier alpha value is -0.910. The highest BCUT2D eigenvalue weighted by atomic mass is 32.2. The van der Waals surface area contributed by atoms with Crippen LogP contribution < -0.4 is 0 Å². The molecule has 0 spiro atoms. The molecule has 0 aromatic heterocycles. The quantitative estimate of drug-likeness (QED) is 0.766. The number of likely N-dealkylation sites (tertiary alicyclic amines) is 1. The molecule has 1 saturated carbocycles. The van der Waals surface area contributed by atoms with Gasteiger partial charge in [0.25, 0.3) is 0 Å². The van der Waals surface area contributed by atoms with Crippen LogP contribution in [0.3, 0.4) is 0 Å². The number of sulfone groups is 1. The molecule has 0 bridgehead atoms. The van der Waals surface area contributed by atoms with Crippen LogP contribution in [0.1, 0.15) is 38.5 Å². The largest absolute Gasteiger partial charge is 0.341 e. The third-order valence-electron chi connectivity index (χ3n) is 3.98. The highest BCUT2D eigenvalue weighted by molar-refractivity contribution is 7.92. The van der Waals surface area contributed by atoms with Gasteiger partial charge in [0.15, 0.2) is 9.84 Å². The maximum absolute atomic E-state index is 12.0. The zero-order chi connectivity index (χ0) is 13.9. The predicted octanol–water partition coefficient (Wildman–Crippen LogP) is 0.783. The minimum Gasteiger partial charge on any atom is -0.341 e. The molecule has 2 rings (SSSR count). The maximum Gasteiger partial charge on any atom is 0.237 e. The molecular formula is C13H21NO4S. The van der Waals surface area contributed by atoms with Crippen molar-refractivity contribution in [3.8, 4) is 0 Å². The van der Waals surface area contributed by atoms with E-state index in [9.17, 15) is 18.0 Å². The van der Waals surface area contributed by atoms with Crippen molar-refractivity contribution in [3.63, 3.8) is 0 Å². The van der Waals surface area contributed by atoms with Gasteiger partial charge >= 0.3 is 0 Å². The fraction of sp³-hybridized carbons (Fsp3) is 0.846. The van der Waals surface area contributed by atoms with E-state index < -0.39 is 15.6 Å². The molecule has 0 aromatic rings. The standard InChI is InChI=1S/C13H21NO4S/c15-12-5-7-14(8-6-12)13(16)10-19(17,18)9-11-3-1-2-4-11/h11H,1-10H2. The van der Waals surface area contributed by atoms with Gasteiger partial charge in [-0.1, -0.05) is 12.8 Å². The lowest BCUT2D eigenvalue weighted by atomic mass is 10.1. The molecule has 1 aliphatic carbocycles. The van der Waals surface area contributed by atoms with E-state index in [1.165, 1.54) is 4.90 Å². The van der Waals surface area contributed by atoms with Crippen molar-refractivity contribution >= 4 is 21.5 Å². The second-order valence-electron chi connectivity index (χ2n) is 5.62. The Labute approximate surface area is 114 Å². The molecule has 0 aromatic carbocycles. The van der Waals surface area contributed by atoms with E-state index in [-0.39, 0.29) is 23.4 Å². The van der Waals surface area contributed by atoms with E-state index in [2.05, 4.69) is 0 Å². The minimum atomic E-state index is -3.30. The van der Waals surface area contributed by atoms with Crippen LogP contribution in [-0.4, -0.2) is 49.6 Å². The summed E-state index contributed by atoms with van der Waals surface area (Å²) in [6.45, 7) is 0.743. The molecule has 2 aliphatic rings. The van der Waals surface area contributed by atoms with E-state index in [4.69, 9.17) is 0 Å². The molecule has 1 heterocycles. The van der Waals surface area contributed by atoms with Gasteiger partial charge in [0, 0.05) is 25.9 Å². The van der Waals surface area contributed by atoms with Gasteiger partial charge in [0.2, 0.25) is 5.91 Å². The summed E-state index contributed by atoms with van der Waals surface area (Å²) in [5.74, 6) is -0.201. The highest BCUT2D eigenvalue weighted by Crippen LogP contribution is 2.26. The van der Waals surface area contributed by atoms with Gasteiger partial charge in [-0.15, -0.1) is 0 Å². The molecule has 0 atom stereocenters. The van der Waals surface area contributed by atoms with Crippen LogP contribution in [0.4, 0.5) is 0 Å². The minimum absolute atomic E-state index is 0.144. The van der Waals surface area contributed by atoms with E-state index in [0.717, 1.165) is 25.7 Å². The van der Waals surface area contributed by atoms with E-state index >= 15 is 0 Å². The number of rotatable bonds is 4. The SMILES string of the molecule is O=C1CCN(C(=O)CS(=O)(=O)CC2CCCC2)CC1. The Bertz CT molecular complexity index is 441. The smallest absolute Gasteiger partial charge is 0.237 e. The molecule has 1 saturated heterocycles. The third kappa shape index (κ3) is 4.30. The first kappa shape index (κ1) is 14.5. The first-order valence-corrected chi connectivity index (χ1v) is 8.78. The number of piperidine rings is 1. The molecule has 0 radical (unpaired) electrons. The lowest BCUT2D eigenvalue weighted by Gasteiger charge is -2.26. The Morgan fingerprint density at radius 1 is 1.16 bits per heavy atom. The monoisotopic (exact) mass is 287 g/mol. The Kier molecular flexibility index (Phi) is 4.60. The summed E-state index contributed by atoms with van der Waals surface area (Å²) in [6, 6.07) is 0. The average molecular weight is 287 g/mol. The summed E-state index contributed by atoms with van der Waals surface area (Å²) in [5, 5.41) is 0. The van der Waals surface area contributed by atoms with Crippen molar-refractivity contribution in [1.29, 1.82) is 0 Å². The van der Waals surface area contributed by atoms with Gasteiger partial charge in [-0.05, 0) is 18.8 Å². The summed E-state index contributed by atoms with van der Waals surface area (Å²) in [4.78, 5) is 24.5. The number of Topliss-reactive ketones (excluding diaryl/α,β-unsaturated/α-hetero) is 1. The molecule has 1 amide bonds. The Balaban J connectivity index is 1.84. The average Bonchev–Trinajstić information content (AvgIpc) is 2.81. The first-order chi connectivity index (χ1) is 8.96. The topological polar surface area (TPSA) is 71.5 Å². The fourth-order valence-electron chi connectivity index (χ4n) is 2.88. The van der Waals surface area contributed by atoms with Crippen LogP contribution in [0.15, 0.2) is 0 Å². The summed E-state index contributed by atoms with van der Waals surface area (Å²) in [6.07, 6.45) is 4.84. The molecule has 19 heavy (non-hydrogen) atoms. The second-order valence-corrected chi connectivity index (χ2v) is 7.73. The number of nitrogens with zero attached hydrogens (tertiary/aromatic N) is 1. The van der Waals surface area contributed by atoms with Crippen molar-refractivity contribution in [2.24, 2.45) is 5.92 Å². The molecule has 108 valence electrons. The normalized spacial score (nSPS) is 21.9. The predicted molar refractivity (Wildman–Crippen MR) is 71.4 cm³/mol. The van der Waals surface area contributed by atoms with Gasteiger partial charge < -0.3 is 4.90 Å². The number of carbonyl (C=O) groups is 2. The molecule has 0 unspecified atom stereocenters. The van der Waals surface area contributed by atoms with Gasteiger partial charge in [-0.2, -0.15) is 0 Å². The molecular weight excluding hydrogens is 266 g/mol. The molecule has 2 fully saturated rings. The van der Waals surface area contributed by atoms with E-state index in [0.29, 0.717) is 25.9 Å². The zero-order valence-corrected chi connectivity index (χ0v) is 12.0. The van der Waals surface area contributed by atoms with Crippen molar-refractivity contribution < 1.29 is 18.0 Å². The second kappa shape index (κ2) is 6.03. The zero-order valence-electron chi connectivity index (χ0n) is 11.1. The molecule has 5 nitrogen and oxygen atoms in total. The maximum atomic E-state index is 12.0. The lowest BCUT2D eigenvalue weighted by Crippen LogP contribution is -2.42. The van der Waals surface area contributed by atoms with Gasteiger partial charge in [0.05, 0.1) is 5.75 Å². The van der Waals surface area contributed by atoms with Crippen molar-refractivity contribution in [2.75, 3.05) is 24.6 Å².